The molecule has 0 aliphatic rings. The Labute approximate surface area is 113 Å². The number of hydrogen-bond donors (Lipinski definition) is 0. The second-order valence-corrected chi connectivity index (χ2v) is 5.11. The van der Waals surface area contributed by atoms with Crippen molar-refractivity contribution in [3.63, 3.8) is 0 Å². The van der Waals surface area contributed by atoms with Crippen LogP contribution in [-0.4, -0.2) is 23.8 Å². The summed E-state index contributed by atoms with van der Waals surface area (Å²) in [6.07, 6.45) is 0. The first-order valence-electron chi connectivity index (χ1n) is 6.28. The second-order valence-electron chi connectivity index (χ2n) is 5.11. The Bertz CT molecular complexity index is 497. The molecule has 0 aromatic heterocycles. The lowest BCUT2D eigenvalue weighted by Gasteiger charge is -2.30. The summed E-state index contributed by atoms with van der Waals surface area (Å²) < 4.78 is 0. The van der Waals surface area contributed by atoms with Gasteiger partial charge in [0, 0.05) is 24.8 Å². The minimum Gasteiger partial charge on any atom is -0.372 e. The first-order valence-corrected chi connectivity index (χ1v) is 6.28. The molecule has 0 radical (unpaired) electrons. The molecule has 0 saturated heterocycles. The van der Waals surface area contributed by atoms with E-state index in [0.29, 0.717) is 5.92 Å². The number of nitrogens with zero attached hydrogens (tertiary/aromatic N) is 2. The average Bonchev–Trinajstić information content (AvgIpc) is 2.35. The van der Waals surface area contributed by atoms with Crippen molar-refractivity contribution >= 4 is 17.2 Å². The molecule has 0 spiro atoms. The quantitative estimate of drug-likeness (QED) is 0.465. The fraction of sp³-hybridized carbons (Fsp3) is 0.500. The Kier molecular flexibility index (Phi) is 4.64. The van der Waals surface area contributed by atoms with Crippen molar-refractivity contribution in [1.29, 1.82) is 0 Å². The Morgan fingerprint density at radius 2 is 1.89 bits per heavy atom. The zero-order chi connectivity index (χ0) is 14.7. The van der Waals surface area contributed by atoms with Gasteiger partial charge in [0.05, 0.1) is 10.5 Å². The van der Waals surface area contributed by atoms with Gasteiger partial charge in [0.1, 0.15) is 0 Å². The van der Waals surface area contributed by atoms with E-state index in [2.05, 4.69) is 20.8 Å². The minimum atomic E-state index is -0.521. The first-order chi connectivity index (χ1) is 8.75. The van der Waals surface area contributed by atoms with Crippen LogP contribution >= 0.6 is 0 Å². The normalized spacial score (nSPS) is 12.3. The number of Topliss-reactive ketones (excluding diaryl/α,β-unsaturated/α-hetero) is 1. The molecule has 0 aliphatic carbocycles. The molecule has 1 unspecified atom stereocenters. The molecule has 5 nitrogen and oxygen atoms in total. The fourth-order valence-corrected chi connectivity index (χ4v) is 1.87. The lowest BCUT2D eigenvalue weighted by atomic mass is 10.0. The molecule has 1 aromatic carbocycles. The van der Waals surface area contributed by atoms with Gasteiger partial charge >= 0.3 is 0 Å². The maximum atomic E-state index is 11.5. The highest BCUT2D eigenvalue weighted by atomic mass is 16.6. The zero-order valence-corrected chi connectivity index (χ0v) is 12.0. The predicted octanol–water partition coefficient (Wildman–Crippen LogP) is 3.28. The maximum absolute atomic E-state index is 11.5. The molecule has 104 valence electrons. The van der Waals surface area contributed by atoms with E-state index >= 15 is 0 Å². The Morgan fingerprint density at radius 1 is 1.32 bits per heavy atom. The summed E-state index contributed by atoms with van der Waals surface area (Å²) in [6.45, 7) is 7.65. The number of carbonyl (C=O) groups is 1. The Hall–Kier alpha value is -1.91. The summed E-state index contributed by atoms with van der Waals surface area (Å²) in [5.41, 5.74) is 0.837. The van der Waals surface area contributed by atoms with Crippen molar-refractivity contribution in [2.24, 2.45) is 5.92 Å². The monoisotopic (exact) mass is 264 g/mol. The Morgan fingerprint density at radius 3 is 2.32 bits per heavy atom. The highest BCUT2D eigenvalue weighted by molar-refractivity contribution is 5.99. The van der Waals surface area contributed by atoms with Crippen LogP contribution in [0.25, 0.3) is 0 Å². The number of hydrogen-bond acceptors (Lipinski definition) is 4. The SMILES string of the molecule is CC(=O)c1cc(N(C)C(C)C(C)C)ccc1[N+](=O)[O-]. The third-order valence-corrected chi connectivity index (χ3v) is 3.54. The summed E-state index contributed by atoms with van der Waals surface area (Å²) in [7, 11) is 1.93. The van der Waals surface area contributed by atoms with Gasteiger partial charge in [0.15, 0.2) is 5.78 Å². The van der Waals surface area contributed by atoms with Crippen LogP contribution in [0.1, 0.15) is 38.1 Å². The van der Waals surface area contributed by atoms with E-state index in [0.717, 1.165) is 5.69 Å². The van der Waals surface area contributed by atoms with E-state index in [1.807, 2.05) is 11.9 Å². The summed E-state index contributed by atoms with van der Waals surface area (Å²) in [5, 5.41) is 10.9. The van der Waals surface area contributed by atoms with Crippen LogP contribution in [-0.2, 0) is 0 Å². The van der Waals surface area contributed by atoms with Gasteiger partial charge in [-0.1, -0.05) is 13.8 Å². The van der Waals surface area contributed by atoms with Gasteiger partial charge in [-0.3, -0.25) is 14.9 Å². The smallest absolute Gasteiger partial charge is 0.280 e. The Balaban J connectivity index is 3.22. The molecular weight excluding hydrogens is 244 g/mol. The standard InChI is InChI=1S/C14H20N2O3/c1-9(2)10(3)15(5)12-6-7-14(16(18)19)13(8-12)11(4)17/h6-10H,1-5H3. The summed E-state index contributed by atoms with van der Waals surface area (Å²) in [4.78, 5) is 23.9. The van der Waals surface area contributed by atoms with Gasteiger partial charge in [-0.25, -0.2) is 0 Å². The molecule has 1 aromatic rings. The van der Waals surface area contributed by atoms with E-state index in [9.17, 15) is 14.9 Å². The van der Waals surface area contributed by atoms with E-state index < -0.39 is 4.92 Å². The third kappa shape index (κ3) is 3.30. The highest BCUT2D eigenvalue weighted by Crippen LogP contribution is 2.27. The van der Waals surface area contributed by atoms with Gasteiger partial charge in [0.25, 0.3) is 5.69 Å². The second kappa shape index (κ2) is 5.82. The van der Waals surface area contributed by atoms with Crippen molar-refractivity contribution in [3.8, 4) is 0 Å². The van der Waals surface area contributed by atoms with Crippen LogP contribution in [0, 0.1) is 16.0 Å². The molecule has 0 N–H and O–H groups in total. The van der Waals surface area contributed by atoms with Crippen LogP contribution in [0.5, 0.6) is 0 Å². The van der Waals surface area contributed by atoms with Crippen LogP contribution in [0.15, 0.2) is 18.2 Å². The van der Waals surface area contributed by atoms with E-state index in [-0.39, 0.29) is 23.1 Å². The molecule has 0 bridgehead atoms. The maximum Gasteiger partial charge on any atom is 0.280 e. The molecule has 0 aliphatic heterocycles. The molecule has 0 heterocycles. The fourth-order valence-electron chi connectivity index (χ4n) is 1.87. The molecule has 0 amide bonds. The molecule has 0 fully saturated rings. The molecule has 0 saturated carbocycles. The summed E-state index contributed by atoms with van der Waals surface area (Å²) in [5.74, 6) is 0.153. The average molecular weight is 264 g/mol. The van der Waals surface area contributed by atoms with Crippen molar-refractivity contribution in [1.82, 2.24) is 0 Å². The number of carbonyl (C=O) groups excluding carboxylic acids is 1. The molecule has 5 heteroatoms. The number of nitro benzene ring substituents is 1. The number of ketones is 1. The zero-order valence-electron chi connectivity index (χ0n) is 12.0. The van der Waals surface area contributed by atoms with E-state index in [1.54, 1.807) is 12.1 Å². The minimum absolute atomic E-state index is 0.137. The number of benzene rings is 1. The lowest BCUT2D eigenvalue weighted by Crippen LogP contribution is -2.33. The number of anilines is 1. The first kappa shape index (κ1) is 15.1. The van der Waals surface area contributed by atoms with Gasteiger partial charge in [0.2, 0.25) is 0 Å². The van der Waals surface area contributed by atoms with Crippen molar-refractivity contribution < 1.29 is 9.72 Å². The predicted molar refractivity (Wildman–Crippen MR) is 75.8 cm³/mol. The summed E-state index contributed by atoms with van der Waals surface area (Å²) >= 11 is 0. The van der Waals surface area contributed by atoms with Crippen LogP contribution < -0.4 is 4.90 Å². The summed E-state index contributed by atoms with van der Waals surface area (Å²) in [6, 6.07) is 4.96. The lowest BCUT2D eigenvalue weighted by molar-refractivity contribution is -0.385. The molecular formula is C14H20N2O3. The number of nitro groups is 1. The van der Waals surface area contributed by atoms with Crippen molar-refractivity contribution in [2.75, 3.05) is 11.9 Å². The van der Waals surface area contributed by atoms with Crippen LogP contribution in [0.3, 0.4) is 0 Å². The van der Waals surface area contributed by atoms with E-state index in [4.69, 9.17) is 0 Å². The van der Waals surface area contributed by atoms with Gasteiger partial charge in [-0.2, -0.15) is 0 Å². The van der Waals surface area contributed by atoms with Gasteiger partial charge in [-0.05, 0) is 31.9 Å². The van der Waals surface area contributed by atoms with Gasteiger partial charge in [-0.15, -0.1) is 0 Å². The van der Waals surface area contributed by atoms with E-state index in [1.165, 1.54) is 13.0 Å². The molecule has 1 rings (SSSR count). The largest absolute Gasteiger partial charge is 0.372 e. The van der Waals surface area contributed by atoms with Crippen LogP contribution in [0.4, 0.5) is 11.4 Å². The highest BCUT2D eigenvalue weighted by Gasteiger charge is 2.20. The third-order valence-electron chi connectivity index (χ3n) is 3.54. The topological polar surface area (TPSA) is 63.5 Å². The van der Waals surface area contributed by atoms with Crippen LogP contribution in [0.2, 0.25) is 0 Å². The van der Waals surface area contributed by atoms with Crippen molar-refractivity contribution in [2.45, 2.75) is 33.7 Å². The number of rotatable bonds is 5. The molecule has 1 atom stereocenters. The van der Waals surface area contributed by atoms with Gasteiger partial charge < -0.3 is 4.90 Å². The molecule has 19 heavy (non-hydrogen) atoms. The van der Waals surface area contributed by atoms with Crippen molar-refractivity contribution in [3.05, 3.63) is 33.9 Å².